The smallest absolute Gasteiger partial charge is 0.230 e. The molecule has 0 saturated heterocycles. The molecular weight excluding hydrogens is 190 g/mol. The van der Waals surface area contributed by atoms with Gasteiger partial charge in [0, 0.05) is 14.2 Å². The Kier molecular flexibility index (Phi) is 7.03. The Labute approximate surface area is 83.4 Å². The summed E-state index contributed by atoms with van der Waals surface area (Å²) < 4.78 is 9.99. The van der Waals surface area contributed by atoms with E-state index < -0.39 is 0 Å². The standard InChI is InChI=1S/C8H17NO3S/c1-6(8(11-2)12-3)9-7(10)5-13-4/h6,8H,5H2,1-4H3,(H,9,10). The van der Waals surface area contributed by atoms with Crippen LogP contribution in [-0.4, -0.2) is 44.5 Å². The molecule has 0 saturated carbocycles. The third-order valence-electron chi connectivity index (χ3n) is 1.54. The second-order valence-corrected chi connectivity index (χ2v) is 3.50. The van der Waals surface area contributed by atoms with Crippen molar-refractivity contribution in [2.75, 3.05) is 26.2 Å². The van der Waals surface area contributed by atoms with Crippen LogP contribution in [0.3, 0.4) is 0 Å². The Morgan fingerprint density at radius 2 is 2.00 bits per heavy atom. The Morgan fingerprint density at radius 1 is 1.46 bits per heavy atom. The summed E-state index contributed by atoms with van der Waals surface area (Å²) in [5.74, 6) is 0.462. The maximum absolute atomic E-state index is 11.1. The fourth-order valence-electron chi connectivity index (χ4n) is 0.999. The van der Waals surface area contributed by atoms with E-state index in [1.807, 2.05) is 13.2 Å². The summed E-state index contributed by atoms with van der Waals surface area (Å²) in [4.78, 5) is 11.1. The van der Waals surface area contributed by atoms with Crippen molar-refractivity contribution in [1.82, 2.24) is 5.32 Å². The molecule has 0 aromatic heterocycles. The quantitative estimate of drug-likeness (QED) is 0.643. The number of carbonyl (C=O) groups is 1. The van der Waals surface area contributed by atoms with Crippen molar-refractivity contribution in [2.45, 2.75) is 19.3 Å². The van der Waals surface area contributed by atoms with E-state index in [0.29, 0.717) is 5.75 Å². The lowest BCUT2D eigenvalue weighted by Gasteiger charge is -2.21. The van der Waals surface area contributed by atoms with E-state index in [1.54, 1.807) is 14.2 Å². The molecular formula is C8H17NO3S. The number of ether oxygens (including phenoxy) is 2. The first kappa shape index (κ1) is 12.7. The van der Waals surface area contributed by atoms with Gasteiger partial charge in [-0.3, -0.25) is 4.79 Å². The van der Waals surface area contributed by atoms with Crippen LogP contribution >= 0.6 is 11.8 Å². The minimum absolute atomic E-state index is 0.000833. The maximum Gasteiger partial charge on any atom is 0.230 e. The maximum atomic E-state index is 11.1. The first-order valence-electron chi connectivity index (χ1n) is 3.99. The topological polar surface area (TPSA) is 47.6 Å². The van der Waals surface area contributed by atoms with Gasteiger partial charge in [-0.25, -0.2) is 0 Å². The summed E-state index contributed by atoms with van der Waals surface area (Å²) >= 11 is 1.48. The summed E-state index contributed by atoms with van der Waals surface area (Å²) in [6, 6.07) is -0.130. The largest absolute Gasteiger partial charge is 0.354 e. The summed E-state index contributed by atoms with van der Waals surface area (Å²) in [5, 5.41) is 2.77. The second kappa shape index (κ2) is 7.17. The molecule has 78 valence electrons. The predicted octanol–water partition coefficient (Wildman–Crippen LogP) is 0.473. The van der Waals surface area contributed by atoms with Crippen LogP contribution in [0.5, 0.6) is 0 Å². The Balaban J connectivity index is 3.82. The molecule has 0 aliphatic carbocycles. The molecule has 0 radical (unpaired) electrons. The molecule has 0 aromatic rings. The molecule has 0 heterocycles. The summed E-state index contributed by atoms with van der Waals surface area (Å²) in [6.07, 6.45) is 1.50. The summed E-state index contributed by atoms with van der Waals surface area (Å²) in [6.45, 7) is 1.84. The molecule has 1 N–H and O–H groups in total. The highest BCUT2D eigenvalue weighted by molar-refractivity contribution is 7.99. The molecule has 5 heteroatoms. The zero-order chi connectivity index (χ0) is 10.3. The Hall–Kier alpha value is -0.260. The molecule has 4 nitrogen and oxygen atoms in total. The van der Waals surface area contributed by atoms with Gasteiger partial charge in [0.15, 0.2) is 6.29 Å². The van der Waals surface area contributed by atoms with Crippen molar-refractivity contribution in [2.24, 2.45) is 0 Å². The van der Waals surface area contributed by atoms with Gasteiger partial charge in [0.05, 0.1) is 11.8 Å². The Bertz CT molecular complexity index is 150. The van der Waals surface area contributed by atoms with Crippen LogP contribution in [-0.2, 0) is 14.3 Å². The molecule has 0 aromatic carbocycles. The molecule has 0 rings (SSSR count). The summed E-state index contributed by atoms with van der Waals surface area (Å²) in [7, 11) is 3.09. The Morgan fingerprint density at radius 3 is 2.38 bits per heavy atom. The fraction of sp³-hybridized carbons (Fsp3) is 0.875. The van der Waals surface area contributed by atoms with E-state index in [0.717, 1.165) is 0 Å². The third kappa shape index (κ3) is 5.13. The van der Waals surface area contributed by atoms with Gasteiger partial charge in [0.25, 0.3) is 0 Å². The van der Waals surface area contributed by atoms with Crippen LogP contribution in [0.4, 0.5) is 0 Å². The zero-order valence-corrected chi connectivity index (χ0v) is 9.31. The number of thioether (sulfide) groups is 1. The molecule has 13 heavy (non-hydrogen) atoms. The van der Waals surface area contributed by atoms with Crippen LogP contribution in [0.1, 0.15) is 6.92 Å². The van der Waals surface area contributed by atoms with Crippen molar-refractivity contribution in [3.05, 3.63) is 0 Å². The molecule has 0 aliphatic rings. The van der Waals surface area contributed by atoms with Crippen molar-refractivity contribution < 1.29 is 14.3 Å². The van der Waals surface area contributed by atoms with Gasteiger partial charge in [0.1, 0.15) is 0 Å². The van der Waals surface area contributed by atoms with Gasteiger partial charge in [-0.05, 0) is 13.2 Å². The SMILES string of the molecule is COC(OC)C(C)NC(=O)CSC. The van der Waals surface area contributed by atoms with E-state index in [9.17, 15) is 4.79 Å². The third-order valence-corrected chi connectivity index (χ3v) is 2.09. The van der Waals surface area contributed by atoms with E-state index in [2.05, 4.69) is 5.32 Å². The highest BCUT2D eigenvalue weighted by Gasteiger charge is 2.17. The fourth-order valence-corrected chi connectivity index (χ4v) is 1.34. The van der Waals surface area contributed by atoms with Gasteiger partial charge in [-0.15, -0.1) is 0 Å². The number of rotatable bonds is 6. The number of nitrogens with one attached hydrogen (secondary N) is 1. The lowest BCUT2D eigenvalue weighted by molar-refractivity contribution is -0.134. The molecule has 0 aliphatic heterocycles. The van der Waals surface area contributed by atoms with Crippen LogP contribution < -0.4 is 5.32 Å². The van der Waals surface area contributed by atoms with Gasteiger partial charge in [-0.1, -0.05) is 0 Å². The monoisotopic (exact) mass is 207 g/mol. The molecule has 1 amide bonds. The summed E-state index contributed by atoms with van der Waals surface area (Å²) in [5.41, 5.74) is 0. The molecule has 0 spiro atoms. The average molecular weight is 207 g/mol. The number of methoxy groups -OCH3 is 2. The van der Waals surface area contributed by atoms with E-state index >= 15 is 0 Å². The van der Waals surface area contributed by atoms with Crippen molar-refractivity contribution in [3.8, 4) is 0 Å². The number of carbonyl (C=O) groups excluding carboxylic acids is 1. The molecule has 0 fully saturated rings. The van der Waals surface area contributed by atoms with Crippen LogP contribution in [0.15, 0.2) is 0 Å². The van der Waals surface area contributed by atoms with Crippen molar-refractivity contribution in [1.29, 1.82) is 0 Å². The second-order valence-electron chi connectivity index (χ2n) is 2.63. The highest BCUT2D eigenvalue weighted by Crippen LogP contribution is 1.99. The van der Waals surface area contributed by atoms with Gasteiger partial charge in [0.2, 0.25) is 5.91 Å². The van der Waals surface area contributed by atoms with E-state index in [1.165, 1.54) is 11.8 Å². The number of amides is 1. The van der Waals surface area contributed by atoms with Gasteiger partial charge < -0.3 is 14.8 Å². The van der Waals surface area contributed by atoms with Crippen LogP contribution in [0.2, 0.25) is 0 Å². The predicted molar refractivity (Wildman–Crippen MR) is 53.8 cm³/mol. The zero-order valence-electron chi connectivity index (χ0n) is 8.49. The molecule has 1 unspecified atom stereocenters. The van der Waals surface area contributed by atoms with Gasteiger partial charge in [-0.2, -0.15) is 11.8 Å². The van der Waals surface area contributed by atoms with E-state index in [-0.39, 0.29) is 18.2 Å². The minimum Gasteiger partial charge on any atom is -0.354 e. The van der Waals surface area contributed by atoms with Gasteiger partial charge >= 0.3 is 0 Å². The first-order chi connectivity index (χ1) is 6.15. The molecule has 1 atom stereocenters. The van der Waals surface area contributed by atoms with Crippen LogP contribution in [0, 0.1) is 0 Å². The number of hydrogen-bond acceptors (Lipinski definition) is 4. The van der Waals surface area contributed by atoms with Crippen LogP contribution in [0.25, 0.3) is 0 Å². The lowest BCUT2D eigenvalue weighted by Crippen LogP contribution is -2.43. The highest BCUT2D eigenvalue weighted by atomic mass is 32.2. The lowest BCUT2D eigenvalue weighted by atomic mass is 10.3. The first-order valence-corrected chi connectivity index (χ1v) is 5.39. The minimum atomic E-state index is -0.384. The molecule has 0 bridgehead atoms. The van der Waals surface area contributed by atoms with E-state index in [4.69, 9.17) is 9.47 Å². The van der Waals surface area contributed by atoms with Crippen molar-refractivity contribution in [3.63, 3.8) is 0 Å². The number of hydrogen-bond donors (Lipinski definition) is 1. The average Bonchev–Trinajstić information content (AvgIpc) is 2.06. The normalized spacial score (nSPS) is 13.0. The van der Waals surface area contributed by atoms with Crippen molar-refractivity contribution >= 4 is 17.7 Å².